The Balaban J connectivity index is 2.11. The summed E-state index contributed by atoms with van der Waals surface area (Å²) in [5.74, 6) is -0.795. The Morgan fingerprint density at radius 3 is 3.06 bits per heavy atom. The topological polar surface area (TPSA) is 63.1 Å². The molecule has 4 nitrogen and oxygen atoms in total. The largest absolute Gasteiger partial charge is 0.481 e. The van der Waals surface area contributed by atoms with Crippen LogP contribution in [0.3, 0.4) is 0 Å². The maximum atomic E-state index is 10.4. The van der Waals surface area contributed by atoms with Crippen LogP contribution in [0.2, 0.25) is 0 Å². The van der Waals surface area contributed by atoms with Gasteiger partial charge >= 0.3 is 5.97 Å². The van der Waals surface area contributed by atoms with Crippen LogP contribution >= 0.6 is 11.3 Å². The molecule has 0 saturated carbocycles. The van der Waals surface area contributed by atoms with Gasteiger partial charge in [-0.3, -0.25) is 9.78 Å². The first-order valence-electron chi connectivity index (χ1n) is 4.82. The fourth-order valence-electron chi connectivity index (χ4n) is 1.28. The van der Waals surface area contributed by atoms with Crippen molar-refractivity contribution in [3.8, 4) is 10.6 Å². The first kappa shape index (κ1) is 10.8. The number of carboxylic acid groups (broad SMARTS) is 1. The van der Waals surface area contributed by atoms with Crippen LogP contribution in [0, 0.1) is 0 Å². The van der Waals surface area contributed by atoms with Crippen LogP contribution < -0.4 is 0 Å². The highest BCUT2D eigenvalue weighted by atomic mass is 32.1. The summed E-state index contributed by atoms with van der Waals surface area (Å²) in [5.41, 5.74) is 1.79. The summed E-state index contributed by atoms with van der Waals surface area (Å²) in [6.45, 7) is 0. The van der Waals surface area contributed by atoms with Crippen LogP contribution in [0.5, 0.6) is 0 Å². The van der Waals surface area contributed by atoms with Crippen molar-refractivity contribution in [3.05, 3.63) is 35.6 Å². The SMILES string of the molecule is O=C(O)CCc1csc(-c2cccnc2)n1. The number of carbonyl (C=O) groups is 1. The number of hydrogen-bond donors (Lipinski definition) is 1. The van der Waals surface area contributed by atoms with Crippen molar-refractivity contribution in [2.45, 2.75) is 12.8 Å². The number of nitrogens with zero attached hydrogens (tertiary/aromatic N) is 2. The van der Waals surface area contributed by atoms with Gasteiger partial charge in [0, 0.05) is 29.8 Å². The highest BCUT2D eigenvalue weighted by Crippen LogP contribution is 2.22. The number of pyridine rings is 1. The molecule has 0 bridgehead atoms. The molecule has 0 unspecified atom stereocenters. The van der Waals surface area contributed by atoms with E-state index in [9.17, 15) is 4.79 Å². The van der Waals surface area contributed by atoms with Crippen LogP contribution in [-0.4, -0.2) is 21.0 Å². The lowest BCUT2D eigenvalue weighted by Crippen LogP contribution is -1.97. The predicted molar refractivity (Wildman–Crippen MR) is 61.3 cm³/mol. The van der Waals surface area contributed by atoms with Crippen molar-refractivity contribution in [2.24, 2.45) is 0 Å². The third kappa shape index (κ3) is 2.64. The van der Waals surface area contributed by atoms with Gasteiger partial charge in [0.05, 0.1) is 12.1 Å². The minimum atomic E-state index is -0.795. The number of carboxylic acids is 1. The zero-order valence-electron chi connectivity index (χ0n) is 8.46. The molecule has 0 aliphatic carbocycles. The van der Waals surface area contributed by atoms with E-state index in [4.69, 9.17) is 5.11 Å². The summed E-state index contributed by atoms with van der Waals surface area (Å²) in [6, 6.07) is 3.79. The Labute approximate surface area is 96.6 Å². The van der Waals surface area contributed by atoms with E-state index in [2.05, 4.69) is 9.97 Å². The molecule has 0 aliphatic rings. The van der Waals surface area contributed by atoms with Crippen molar-refractivity contribution in [3.63, 3.8) is 0 Å². The van der Waals surface area contributed by atoms with Gasteiger partial charge in [-0.15, -0.1) is 11.3 Å². The van der Waals surface area contributed by atoms with Gasteiger partial charge in [0.25, 0.3) is 0 Å². The van der Waals surface area contributed by atoms with Gasteiger partial charge in [0.1, 0.15) is 5.01 Å². The smallest absolute Gasteiger partial charge is 0.303 e. The van der Waals surface area contributed by atoms with Crippen LogP contribution in [0.4, 0.5) is 0 Å². The number of aryl methyl sites for hydroxylation is 1. The third-order valence-electron chi connectivity index (χ3n) is 2.06. The van der Waals surface area contributed by atoms with E-state index >= 15 is 0 Å². The lowest BCUT2D eigenvalue weighted by molar-refractivity contribution is -0.136. The van der Waals surface area contributed by atoms with E-state index in [-0.39, 0.29) is 6.42 Å². The Bertz CT molecular complexity index is 482. The molecule has 0 amide bonds. The minimum Gasteiger partial charge on any atom is -0.481 e. The summed E-state index contributed by atoms with van der Waals surface area (Å²) in [7, 11) is 0. The van der Waals surface area contributed by atoms with Crippen molar-refractivity contribution in [1.82, 2.24) is 9.97 Å². The second-order valence-electron chi connectivity index (χ2n) is 3.28. The number of hydrogen-bond acceptors (Lipinski definition) is 4. The van der Waals surface area contributed by atoms with E-state index < -0.39 is 5.97 Å². The maximum Gasteiger partial charge on any atom is 0.303 e. The molecule has 2 rings (SSSR count). The monoisotopic (exact) mass is 234 g/mol. The lowest BCUT2D eigenvalue weighted by atomic mass is 10.2. The third-order valence-corrected chi connectivity index (χ3v) is 3.00. The second kappa shape index (κ2) is 4.85. The van der Waals surface area contributed by atoms with Gasteiger partial charge in [0.2, 0.25) is 0 Å². The first-order chi connectivity index (χ1) is 7.75. The van der Waals surface area contributed by atoms with Crippen LogP contribution in [-0.2, 0) is 11.2 Å². The quantitative estimate of drug-likeness (QED) is 0.881. The molecular weight excluding hydrogens is 224 g/mol. The molecule has 0 saturated heterocycles. The second-order valence-corrected chi connectivity index (χ2v) is 4.14. The molecule has 5 heteroatoms. The summed E-state index contributed by atoms with van der Waals surface area (Å²) < 4.78 is 0. The van der Waals surface area contributed by atoms with Gasteiger partial charge in [-0.25, -0.2) is 4.98 Å². The molecule has 0 atom stereocenters. The van der Waals surface area contributed by atoms with Gasteiger partial charge in [-0.1, -0.05) is 0 Å². The van der Waals surface area contributed by atoms with Gasteiger partial charge in [-0.2, -0.15) is 0 Å². The van der Waals surface area contributed by atoms with Crippen molar-refractivity contribution < 1.29 is 9.90 Å². The summed E-state index contributed by atoms with van der Waals surface area (Å²) >= 11 is 1.51. The van der Waals surface area contributed by atoms with Gasteiger partial charge < -0.3 is 5.11 Å². The molecule has 16 heavy (non-hydrogen) atoms. The van der Waals surface area contributed by atoms with E-state index in [0.717, 1.165) is 16.3 Å². The van der Waals surface area contributed by atoms with Crippen molar-refractivity contribution in [2.75, 3.05) is 0 Å². The number of aliphatic carboxylic acids is 1. The Kier molecular flexibility index (Phi) is 3.26. The van der Waals surface area contributed by atoms with E-state index in [0.29, 0.717) is 6.42 Å². The summed E-state index contributed by atoms with van der Waals surface area (Å²) in [5, 5.41) is 11.3. The zero-order valence-corrected chi connectivity index (χ0v) is 9.28. The van der Waals surface area contributed by atoms with Gasteiger partial charge in [-0.05, 0) is 12.1 Å². The molecule has 0 fully saturated rings. The summed E-state index contributed by atoms with van der Waals surface area (Å²) in [6.07, 6.45) is 4.06. The molecular formula is C11H10N2O2S. The Morgan fingerprint density at radius 2 is 2.38 bits per heavy atom. The maximum absolute atomic E-state index is 10.4. The zero-order chi connectivity index (χ0) is 11.4. The Morgan fingerprint density at radius 1 is 1.50 bits per heavy atom. The van der Waals surface area contributed by atoms with Crippen LogP contribution in [0.15, 0.2) is 29.9 Å². The van der Waals surface area contributed by atoms with Gasteiger partial charge in [0.15, 0.2) is 0 Å². The highest BCUT2D eigenvalue weighted by Gasteiger charge is 2.06. The molecule has 0 radical (unpaired) electrons. The number of rotatable bonds is 4. The van der Waals surface area contributed by atoms with Crippen LogP contribution in [0.1, 0.15) is 12.1 Å². The fraction of sp³-hybridized carbons (Fsp3) is 0.182. The molecule has 2 aromatic rings. The van der Waals surface area contributed by atoms with E-state index in [1.165, 1.54) is 11.3 Å². The predicted octanol–water partition coefficient (Wildman–Crippen LogP) is 2.22. The number of thiazole rings is 1. The standard InChI is InChI=1S/C11H10N2O2S/c14-10(15)4-3-9-7-16-11(13-9)8-2-1-5-12-6-8/h1-2,5-7H,3-4H2,(H,14,15). The van der Waals surface area contributed by atoms with E-state index in [1.54, 1.807) is 12.4 Å². The van der Waals surface area contributed by atoms with Crippen molar-refractivity contribution >= 4 is 17.3 Å². The Hall–Kier alpha value is -1.75. The molecule has 0 spiro atoms. The molecule has 2 heterocycles. The molecule has 1 N–H and O–H groups in total. The van der Waals surface area contributed by atoms with Crippen LogP contribution in [0.25, 0.3) is 10.6 Å². The lowest BCUT2D eigenvalue weighted by Gasteiger charge is -1.93. The summed E-state index contributed by atoms with van der Waals surface area (Å²) in [4.78, 5) is 18.8. The molecule has 0 aliphatic heterocycles. The molecule has 0 aromatic carbocycles. The van der Waals surface area contributed by atoms with Crippen molar-refractivity contribution in [1.29, 1.82) is 0 Å². The average Bonchev–Trinajstić information content (AvgIpc) is 2.76. The minimum absolute atomic E-state index is 0.121. The number of aromatic nitrogens is 2. The highest BCUT2D eigenvalue weighted by molar-refractivity contribution is 7.13. The molecule has 2 aromatic heterocycles. The molecule has 82 valence electrons. The fourth-order valence-corrected chi connectivity index (χ4v) is 2.12. The average molecular weight is 234 g/mol. The first-order valence-corrected chi connectivity index (χ1v) is 5.70. The van der Waals surface area contributed by atoms with E-state index in [1.807, 2.05) is 17.5 Å². The normalized spacial score (nSPS) is 10.2.